The molecular formula is C20H24N2O3S. The van der Waals surface area contributed by atoms with Gasteiger partial charge in [0.25, 0.3) is 0 Å². The van der Waals surface area contributed by atoms with Gasteiger partial charge in [0.05, 0.1) is 11.5 Å². The third kappa shape index (κ3) is 4.58. The Bertz CT molecular complexity index is 849. The van der Waals surface area contributed by atoms with Crippen molar-refractivity contribution in [3.05, 3.63) is 58.1 Å². The van der Waals surface area contributed by atoms with Crippen LogP contribution in [0.25, 0.3) is 0 Å². The number of benzene rings is 2. The van der Waals surface area contributed by atoms with Crippen LogP contribution in [0.15, 0.2) is 30.3 Å². The summed E-state index contributed by atoms with van der Waals surface area (Å²) in [4.78, 5) is 23.9. The monoisotopic (exact) mass is 372 g/mol. The predicted octanol–water partition coefficient (Wildman–Crippen LogP) is 3.62. The largest absolute Gasteiger partial charge is 0.478 e. The van der Waals surface area contributed by atoms with Crippen molar-refractivity contribution in [1.29, 1.82) is 0 Å². The Morgan fingerprint density at radius 1 is 1.15 bits per heavy atom. The molecule has 0 spiro atoms. The fraction of sp³-hybridized carbons (Fsp3) is 0.300. The number of anilines is 2. The van der Waals surface area contributed by atoms with Crippen LogP contribution in [0.4, 0.5) is 11.4 Å². The molecular weight excluding hydrogens is 348 g/mol. The average Bonchev–Trinajstić information content (AvgIpc) is 2.58. The van der Waals surface area contributed by atoms with Crippen molar-refractivity contribution in [3.63, 3.8) is 0 Å². The molecule has 0 aliphatic carbocycles. The highest BCUT2D eigenvalue weighted by Crippen LogP contribution is 2.23. The van der Waals surface area contributed by atoms with Gasteiger partial charge in [-0.3, -0.25) is 4.79 Å². The van der Waals surface area contributed by atoms with Crippen LogP contribution in [0, 0.1) is 26.7 Å². The van der Waals surface area contributed by atoms with Crippen LogP contribution in [0.1, 0.15) is 32.6 Å². The summed E-state index contributed by atoms with van der Waals surface area (Å²) in [5, 5.41) is 12.0. The summed E-state index contributed by atoms with van der Waals surface area (Å²) in [6.07, 6.45) is 0.542. The number of hydrogen-bond donors (Lipinski definition) is 4. The number of nitrogen functional groups attached to an aromatic ring is 1. The van der Waals surface area contributed by atoms with E-state index in [2.05, 4.69) is 17.9 Å². The maximum Gasteiger partial charge on any atom is 0.335 e. The van der Waals surface area contributed by atoms with E-state index in [1.165, 1.54) is 6.07 Å². The van der Waals surface area contributed by atoms with Crippen molar-refractivity contribution >= 4 is 35.9 Å². The number of amides is 1. The molecule has 138 valence electrons. The lowest BCUT2D eigenvalue weighted by atomic mass is 9.93. The number of aromatic carboxylic acids is 1. The molecule has 0 fully saturated rings. The van der Waals surface area contributed by atoms with Gasteiger partial charge in [-0.15, -0.1) is 0 Å². The average molecular weight is 372 g/mol. The zero-order chi connectivity index (χ0) is 19.4. The van der Waals surface area contributed by atoms with E-state index in [9.17, 15) is 9.59 Å². The number of nitrogens with one attached hydrogen (secondary N) is 1. The molecule has 4 N–H and O–H groups in total. The molecule has 2 aromatic rings. The van der Waals surface area contributed by atoms with Crippen LogP contribution in [0.5, 0.6) is 0 Å². The zero-order valence-corrected chi connectivity index (χ0v) is 16.1. The minimum Gasteiger partial charge on any atom is -0.478 e. The van der Waals surface area contributed by atoms with Crippen molar-refractivity contribution in [1.82, 2.24) is 0 Å². The van der Waals surface area contributed by atoms with Gasteiger partial charge < -0.3 is 16.2 Å². The second kappa shape index (κ2) is 8.27. The second-order valence-corrected chi connectivity index (χ2v) is 6.89. The Morgan fingerprint density at radius 2 is 1.85 bits per heavy atom. The van der Waals surface area contributed by atoms with Gasteiger partial charge in [0.1, 0.15) is 0 Å². The van der Waals surface area contributed by atoms with Crippen molar-refractivity contribution in [3.8, 4) is 0 Å². The molecule has 0 saturated carbocycles. The summed E-state index contributed by atoms with van der Waals surface area (Å²) in [7, 11) is 0. The molecule has 1 atom stereocenters. The lowest BCUT2D eigenvalue weighted by molar-refractivity contribution is -0.119. The molecule has 0 saturated heterocycles. The van der Waals surface area contributed by atoms with E-state index in [1.807, 2.05) is 26.0 Å². The van der Waals surface area contributed by atoms with E-state index in [4.69, 9.17) is 10.8 Å². The van der Waals surface area contributed by atoms with E-state index in [1.54, 1.807) is 19.1 Å². The Hall–Kier alpha value is -2.47. The highest BCUT2D eigenvalue weighted by atomic mass is 32.1. The van der Waals surface area contributed by atoms with Crippen molar-refractivity contribution in [2.45, 2.75) is 27.2 Å². The molecule has 0 aromatic heterocycles. The van der Waals surface area contributed by atoms with E-state index >= 15 is 0 Å². The van der Waals surface area contributed by atoms with Crippen molar-refractivity contribution < 1.29 is 14.7 Å². The summed E-state index contributed by atoms with van der Waals surface area (Å²) < 4.78 is 0. The Labute approximate surface area is 159 Å². The number of rotatable bonds is 6. The fourth-order valence-corrected chi connectivity index (χ4v) is 3.14. The normalized spacial score (nSPS) is 11.8. The quantitative estimate of drug-likeness (QED) is 0.460. The van der Waals surface area contributed by atoms with Crippen molar-refractivity contribution in [2.24, 2.45) is 5.92 Å². The van der Waals surface area contributed by atoms with Gasteiger partial charge in [-0.05, 0) is 73.7 Å². The number of nitrogens with two attached hydrogens (primary N) is 1. The number of carboxylic acid groups (broad SMARTS) is 1. The zero-order valence-electron chi connectivity index (χ0n) is 15.2. The standard InChI is InChI=1S/C20H24N2O3S/c1-11-6-15(20(24)25)9-17(7-11)22-19(23)16(10-26)8-14-4-5-18(21)13(3)12(14)2/h4-7,9,16,26H,8,10,21H2,1-3H3,(H,22,23)(H,24,25). The maximum absolute atomic E-state index is 12.7. The van der Waals surface area contributed by atoms with E-state index in [0.29, 0.717) is 17.9 Å². The number of aryl methyl sites for hydroxylation is 1. The second-order valence-electron chi connectivity index (χ2n) is 6.53. The molecule has 2 rings (SSSR count). The number of thiol groups is 1. The summed E-state index contributed by atoms with van der Waals surface area (Å²) in [6.45, 7) is 5.75. The first-order chi connectivity index (χ1) is 12.2. The topological polar surface area (TPSA) is 92.4 Å². The van der Waals surface area contributed by atoms with Gasteiger partial charge >= 0.3 is 5.97 Å². The van der Waals surface area contributed by atoms with Crippen LogP contribution in [0.3, 0.4) is 0 Å². The van der Waals surface area contributed by atoms with Crippen LogP contribution in [0.2, 0.25) is 0 Å². The fourth-order valence-electron chi connectivity index (χ4n) is 2.85. The molecule has 0 aliphatic heterocycles. The first-order valence-electron chi connectivity index (χ1n) is 8.34. The van der Waals surface area contributed by atoms with Crippen molar-refractivity contribution in [2.75, 3.05) is 16.8 Å². The van der Waals surface area contributed by atoms with Gasteiger partial charge in [0.2, 0.25) is 5.91 Å². The lowest BCUT2D eigenvalue weighted by Crippen LogP contribution is -2.26. The van der Waals surface area contributed by atoms with Gasteiger partial charge in [-0.2, -0.15) is 12.6 Å². The lowest BCUT2D eigenvalue weighted by Gasteiger charge is -2.18. The molecule has 1 amide bonds. The maximum atomic E-state index is 12.7. The van der Waals surface area contributed by atoms with E-state index < -0.39 is 5.97 Å². The van der Waals surface area contributed by atoms with Gasteiger partial charge in [0, 0.05) is 17.1 Å². The molecule has 6 heteroatoms. The number of hydrogen-bond acceptors (Lipinski definition) is 4. The van der Waals surface area contributed by atoms with Crippen LogP contribution >= 0.6 is 12.6 Å². The predicted molar refractivity (Wildman–Crippen MR) is 108 cm³/mol. The highest BCUT2D eigenvalue weighted by molar-refractivity contribution is 7.80. The third-order valence-corrected chi connectivity index (χ3v) is 5.03. The Morgan fingerprint density at radius 3 is 2.46 bits per heavy atom. The summed E-state index contributed by atoms with van der Waals surface area (Å²) >= 11 is 4.33. The first-order valence-corrected chi connectivity index (χ1v) is 8.97. The molecule has 2 aromatic carbocycles. The molecule has 1 unspecified atom stereocenters. The molecule has 5 nitrogen and oxygen atoms in total. The highest BCUT2D eigenvalue weighted by Gasteiger charge is 2.20. The van der Waals surface area contributed by atoms with E-state index in [-0.39, 0.29) is 17.4 Å². The summed E-state index contributed by atoms with van der Waals surface area (Å²) in [6, 6.07) is 8.57. The van der Waals surface area contributed by atoms with Gasteiger partial charge in [-0.1, -0.05) is 6.07 Å². The molecule has 0 aliphatic rings. The first kappa shape index (κ1) is 19.8. The summed E-state index contributed by atoms with van der Waals surface area (Å²) in [5.74, 6) is -1.17. The molecule has 0 radical (unpaired) electrons. The van der Waals surface area contributed by atoms with Crippen LogP contribution in [-0.4, -0.2) is 22.7 Å². The van der Waals surface area contributed by atoms with E-state index in [0.717, 1.165) is 27.9 Å². The minimum absolute atomic E-state index is 0.146. The van der Waals surface area contributed by atoms with Crippen LogP contribution in [-0.2, 0) is 11.2 Å². The SMILES string of the molecule is Cc1cc(NC(=O)C(CS)Cc2ccc(N)c(C)c2C)cc(C(=O)O)c1. The molecule has 0 bridgehead atoms. The van der Waals surface area contributed by atoms with Gasteiger partial charge in [0.15, 0.2) is 0 Å². The molecule has 0 heterocycles. The molecule has 26 heavy (non-hydrogen) atoms. The number of carboxylic acids is 1. The minimum atomic E-state index is -1.03. The Balaban J connectivity index is 2.19. The smallest absolute Gasteiger partial charge is 0.335 e. The summed E-state index contributed by atoms with van der Waals surface area (Å²) in [5.41, 5.74) is 11.2. The number of carbonyl (C=O) groups excluding carboxylic acids is 1. The number of carbonyl (C=O) groups is 2. The Kier molecular flexibility index (Phi) is 6.32. The van der Waals surface area contributed by atoms with Gasteiger partial charge in [-0.25, -0.2) is 4.79 Å². The third-order valence-electron chi connectivity index (χ3n) is 4.59. The van der Waals surface area contributed by atoms with Crippen LogP contribution < -0.4 is 11.1 Å².